The van der Waals surface area contributed by atoms with Crippen LogP contribution < -0.4 is 0 Å². The van der Waals surface area contributed by atoms with Crippen molar-refractivity contribution in [1.29, 1.82) is 0 Å². The third-order valence-corrected chi connectivity index (χ3v) is 8.44. The first-order valence-corrected chi connectivity index (χ1v) is 17.3. The van der Waals surface area contributed by atoms with Crippen LogP contribution in [0.3, 0.4) is 0 Å². The topological polar surface area (TPSA) is 17.1 Å². The second-order valence-electron chi connectivity index (χ2n) is 11.8. The van der Waals surface area contributed by atoms with Crippen LogP contribution >= 0.6 is 11.6 Å². The average Bonchev–Trinajstić information content (AvgIpc) is 2.87. The molecule has 0 spiro atoms. The Hall–Kier alpha value is -0.0400. The van der Waals surface area contributed by atoms with Gasteiger partial charge in [-0.25, -0.2) is 0 Å². The van der Waals surface area contributed by atoms with Gasteiger partial charge in [-0.05, 0) is 24.4 Å². The van der Waals surface area contributed by atoms with Gasteiger partial charge in [0.15, 0.2) is 0 Å². The van der Waals surface area contributed by atoms with E-state index in [9.17, 15) is 4.79 Å². The SMILES string of the molecule is CCCCCCCCCCCCCCCCC(CCCCCCCCCCCCCCCC)C(=O)Cl. The first-order valence-electron chi connectivity index (χ1n) is 16.9. The minimum absolute atomic E-state index is 0.0839. The molecular weight excluding hydrogens is 460 g/mol. The molecule has 0 aliphatic carbocycles. The Morgan fingerprint density at radius 1 is 0.389 bits per heavy atom. The standard InChI is InChI=1S/C34H67ClO/c1-3-5-7-9-11-13-15-17-19-21-23-25-27-29-31-33(34(35)36)32-30-28-26-24-22-20-18-16-14-12-10-8-6-4-2/h33H,3-32H2,1-2H3. The molecule has 1 nitrogen and oxygen atoms in total. The molecule has 0 saturated heterocycles. The zero-order valence-corrected chi connectivity index (χ0v) is 25.8. The number of halogens is 1. The molecule has 0 aromatic heterocycles. The number of hydrogen-bond acceptors (Lipinski definition) is 1. The molecule has 0 amide bonds. The molecule has 0 bridgehead atoms. The molecule has 0 fully saturated rings. The zero-order chi connectivity index (χ0) is 26.4. The Bertz CT molecular complexity index is 389. The summed E-state index contributed by atoms with van der Waals surface area (Å²) in [4.78, 5) is 11.8. The van der Waals surface area contributed by atoms with E-state index in [1.54, 1.807) is 0 Å². The maximum absolute atomic E-state index is 11.8. The van der Waals surface area contributed by atoms with E-state index in [0.29, 0.717) is 0 Å². The maximum Gasteiger partial charge on any atom is 0.224 e. The molecule has 0 rings (SSSR count). The summed E-state index contributed by atoms with van der Waals surface area (Å²) in [5, 5.41) is -0.0839. The van der Waals surface area contributed by atoms with E-state index in [1.807, 2.05) is 0 Å². The van der Waals surface area contributed by atoms with E-state index in [1.165, 1.54) is 180 Å². The van der Waals surface area contributed by atoms with Gasteiger partial charge in [-0.1, -0.05) is 194 Å². The summed E-state index contributed by atoms with van der Waals surface area (Å²) in [7, 11) is 0. The van der Waals surface area contributed by atoms with Gasteiger partial charge in [0.2, 0.25) is 5.24 Å². The molecule has 2 heteroatoms. The summed E-state index contributed by atoms with van der Waals surface area (Å²) >= 11 is 5.92. The lowest BCUT2D eigenvalue weighted by Crippen LogP contribution is -2.08. The second-order valence-corrected chi connectivity index (χ2v) is 12.1. The monoisotopic (exact) mass is 526 g/mol. The summed E-state index contributed by atoms with van der Waals surface area (Å²) in [6.07, 6.45) is 40.7. The second kappa shape index (κ2) is 31.2. The lowest BCUT2D eigenvalue weighted by molar-refractivity contribution is -0.115. The van der Waals surface area contributed by atoms with Crippen LogP contribution in [0.5, 0.6) is 0 Å². The van der Waals surface area contributed by atoms with Gasteiger partial charge in [-0.2, -0.15) is 0 Å². The minimum Gasteiger partial charge on any atom is -0.281 e. The summed E-state index contributed by atoms with van der Waals surface area (Å²) in [6, 6.07) is 0. The predicted molar refractivity (Wildman–Crippen MR) is 164 cm³/mol. The average molecular weight is 527 g/mol. The number of unbranched alkanes of at least 4 members (excludes halogenated alkanes) is 26. The van der Waals surface area contributed by atoms with Gasteiger partial charge >= 0.3 is 0 Å². The van der Waals surface area contributed by atoms with Crippen LogP contribution in [0.4, 0.5) is 0 Å². The Morgan fingerprint density at radius 3 is 0.778 bits per heavy atom. The Kier molecular flexibility index (Phi) is 31.1. The van der Waals surface area contributed by atoms with Crippen LogP contribution in [-0.4, -0.2) is 5.24 Å². The van der Waals surface area contributed by atoms with Gasteiger partial charge in [0.25, 0.3) is 0 Å². The van der Waals surface area contributed by atoms with Crippen molar-refractivity contribution < 1.29 is 4.79 Å². The maximum atomic E-state index is 11.8. The third kappa shape index (κ3) is 28.5. The summed E-state index contributed by atoms with van der Waals surface area (Å²) in [5.74, 6) is 0.112. The molecule has 0 atom stereocenters. The molecule has 0 aromatic carbocycles. The Balaban J connectivity index is 3.39. The fourth-order valence-corrected chi connectivity index (χ4v) is 5.76. The summed E-state index contributed by atoms with van der Waals surface area (Å²) < 4.78 is 0. The molecule has 0 N–H and O–H groups in total. The van der Waals surface area contributed by atoms with Gasteiger partial charge in [0, 0.05) is 5.92 Å². The summed E-state index contributed by atoms with van der Waals surface area (Å²) in [6.45, 7) is 4.58. The van der Waals surface area contributed by atoms with Crippen molar-refractivity contribution in [3.63, 3.8) is 0 Å². The largest absolute Gasteiger partial charge is 0.281 e. The van der Waals surface area contributed by atoms with Crippen molar-refractivity contribution in [2.24, 2.45) is 5.92 Å². The van der Waals surface area contributed by atoms with E-state index in [-0.39, 0.29) is 11.2 Å². The van der Waals surface area contributed by atoms with Gasteiger partial charge < -0.3 is 0 Å². The van der Waals surface area contributed by atoms with E-state index >= 15 is 0 Å². The number of carbonyl (C=O) groups excluding carboxylic acids is 1. The molecule has 0 unspecified atom stereocenters. The summed E-state index contributed by atoms with van der Waals surface area (Å²) in [5.41, 5.74) is 0. The van der Waals surface area contributed by atoms with Crippen LogP contribution in [0.15, 0.2) is 0 Å². The van der Waals surface area contributed by atoms with Gasteiger partial charge in [0.05, 0.1) is 0 Å². The Morgan fingerprint density at radius 2 is 0.583 bits per heavy atom. The molecule has 0 saturated carbocycles. The Labute approximate surface area is 233 Å². The smallest absolute Gasteiger partial charge is 0.224 e. The molecule has 0 aliphatic rings. The van der Waals surface area contributed by atoms with Crippen molar-refractivity contribution in [2.75, 3.05) is 0 Å². The van der Waals surface area contributed by atoms with Crippen LogP contribution in [0.2, 0.25) is 0 Å². The molecule has 36 heavy (non-hydrogen) atoms. The lowest BCUT2D eigenvalue weighted by Gasteiger charge is -2.12. The highest BCUT2D eigenvalue weighted by atomic mass is 35.5. The van der Waals surface area contributed by atoms with Crippen LogP contribution in [0, 0.1) is 5.92 Å². The molecule has 0 aromatic rings. The number of hydrogen-bond donors (Lipinski definition) is 0. The highest BCUT2D eigenvalue weighted by Gasteiger charge is 2.15. The van der Waals surface area contributed by atoms with E-state index in [2.05, 4.69) is 13.8 Å². The normalized spacial score (nSPS) is 11.6. The first kappa shape index (κ1) is 36.0. The first-order chi connectivity index (χ1) is 17.7. The molecule has 0 heterocycles. The fourth-order valence-electron chi connectivity index (χ4n) is 5.54. The lowest BCUT2D eigenvalue weighted by atomic mass is 9.95. The zero-order valence-electron chi connectivity index (χ0n) is 25.1. The fraction of sp³-hybridized carbons (Fsp3) is 0.971. The van der Waals surface area contributed by atoms with E-state index in [4.69, 9.17) is 11.6 Å². The van der Waals surface area contributed by atoms with Gasteiger partial charge in [-0.3, -0.25) is 4.79 Å². The molecule has 0 aliphatic heterocycles. The van der Waals surface area contributed by atoms with Crippen molar-refractivity contribution >= 4 is 16.8 Å². The van der Waals surface area contributed by atoms with Crippen LogP contribution in [-0.2, 0) is 4.79 Å². The van der Waals surface area contributed by atoms with Gasteiger partial charge in [-0.15, -0.1) is 0 Å². The number of rotatable bonds is 31. The van der Waals surface area contributed by atoms with Crippen molar-refractivity contribution in [3.05, 3.63) is 0 Å². The predicted octanol–water partition coefficient (Wildman–Crippen LogP) is 13.1. The third-order valence-electron chi connectivity index (χ3n) is 8.13. The minimum atomic E-state index is -0.0839. The van der Waals surface area contributed by atoms with Crippen LogP contribution in [0.1, 0.15) is 206 Å². The van der Waals surface area contributed by atoms with Crippen molar-refractivity contribution in [1.82, 2.24) is 0 Å². The molecule has 216 valence electrons. The van der Waals surface area contributed by atoms with Crippen LogP contribution in [0.25, 0.3) is 0 Å². The van der Waals surface area contributed by atoms with E-state index in [0.717, 1.165) is 12.8 Å². The molecule has 0 radical (unpaired) electrons. The van der Waals surface area contributed by atoms with Crippen molar-refractivity contribution in [2.45, 2.75) is 206 Å². The number of carbonyl (C=O) groups is 1. The molecular formula is C34H67ClO. The highest BCUT2D eigenvalue weighted by molar-refractivity contribution is 6.63. The highest BCUT2D eigenvalue weighted by Crippen LogP contribution is 2.22. The van der Waals surface area contributed by atoms with Crippen molar-refractivity contribution in [3.8, 4) is 0 Å². The quantitative estimate of drug-likeness (QED) is 0.0647. The van der Waals surface area contributed by atoms with Gasteiger partial charge in [0.1, 0.15) is 0 Å². The van der Waals surface area contributed by atoms with E-state index < -0.39 is 0 Å².